The lowest BCUT2D eigenvalue weighted by atomic mass is 10.1. The lowest BCUT2D eigenvalue weighted by Gasteiger charge is -2.19. The zero-order valence-electron chi connectivity index (χ0n) is 11.9. The number of methoxy groups -OCH3 is 1. The van der Waals surface area contributed by atoms with E-state index in [4.69, 9.17) is 39.5 Å². The van der Waals surface area contributed by atoms with E-state index in [2.05, 4.69) is 4.98 Å². The number of rotatable bonds is 4. The summed E-state index contributed by atoms with van der Waals surface area (Å²) in [5.41, 5.74) is 1.16. The topological polar surface area (TPSA) is 42.4 Å². The highest BCUT2D eigenvalue weighted by molar-refractivity contribution is 6.41. The average molecular weight is 360 g/mol. The summed E-state index contributed by atoms with van der Waals surface area (Å²) >= 11 is 17.6. The molecular weight excluding hydrogens is 347 g/mol. The molecule has 7 heteroatoms. The van der Waals surface area contributed by atoms with Crippen LogP contribution in [0.15, 0.2) is 30.5 Å². The maximum atomic E-state index is 12.4. The summed E-state index contributed by atoms with van der Waals surface area (Å²) in [5.74, 6) is 0.435. The van der Waals surface area contributed by atoms with Gasteiger partial charge in [-0.15, -0.1) is 0 Å². The number of aromatic nitrogens is 1. The van der Waals surface area contributed by atoms with Crippen molar-refractivity contribution in [2.45, 2.75) is 6.54 Å². The van der Waals surface area contributed by atoms with Gasteiger partial charge in [-0.1, -0.05) is 34.8 Å². The zero-order chi connectivity index (χ0) is 16.3. The Labute approximate surface area is 143 Å². The minimum atomic E-state index is -0.229. The predicted octanol–water partition coefficient (Wildman–Crippen LogP) is 4.32. The van der Waals surface area contributed by atoms with E-state index < -0.39 is 0 Å². The van der Waals surface area contributed by atoms with Crippen LogP contribution in [0, 0.1) is 0 Å². The van der Waals surface area contributed by atoms with Crippen LogP contribution in [0.4, 0.5) is 0 Å². The van der Waals surface area contributed by atoms with Crippen LogP contribution >= 0.6 is 34.8 Å². The highest BCUT2D eigenvalue weighted by atomic mass is 35.5. The van der Waals surface area contributed by atoms with Gasteiger partial charge in [0.25, 0.3) is 5.91 Å². The van der Waals surface area contributed by atoms with E-state index in [0.717, 1.165) is 5.56 Å². The number of hydrogen-bond donors (Lipinski definition) is 0. The Morgan fingerprint density at radius 1 is 1.27 bits per heavy atom. The number of nitrogens with zero attached hydrogens (tertiary/aromatic N) is 2. The second kappa shape index (κ2) is 7.18. The fourth-order valence-corrected chi connectivity index (χ4v) is 2.42. The molecule has 22 heavy (non-hydrogen) atoms. The van der Waals surface area contributed by atoms with E-state index in [1.165, 1.54) is 17.2 Å². The fourth-order valence-electron chi connectivity index (χ4n) is 1.96. The first-order chi connectivity index (χ1) is 10.4. The number of pyridine rings is 1. The second-order valence-electron chi connectivity index (χ2n) is 4.61. The molecule has 0 aliphatic heterocycles. The van der Waals surface area contributed by atoms with Gasteiger partial charge < -0.3 is 9.64 Å². The minimum Gasteiger partial charge on any atom is -0.496 e. The Kier molecular flexibility index (Phi) is 5.51. The van der Waals surface area contributed by atoms with Gasteiger partial charge in [-0.2, -0.15) is 0 Å². The molecule has 116 valence electrons. The average Bonchev–Trinajstić information content (AvgIpc) is 2.49. The van der Waals surface area contributed by atoms with Gasteiger partial charge in [0.05, 0.1) is 17.7 Å². The number of benzene rings is 1. The Morgan fingerprint density at radius 3 is 2.64 bits per heavy atom. The van der Waals surface area contributed by atoms with E-state index in [0.29, 0.717) is 22.9 Å². The molecule has 0 saturated heterocycles. The number of ether oxygens (including phenoxy) is 1. The molecule has 1 amide bonds. The van der Waals surface area contributed by atoms with E-state index >= 15 is 0 Å². The van der Waals surface area contributed by atoms with Gasteiger partial charge in [-0.25, -0.2) is 4.98 Å². The minimum absolute atomic E-state index is 0.164. The molecule has 0 radical (unpaired) electrons. The molecule has 1 heterocycles. The standard InChI is InChI=1S/C15H13Cl3N2O2/c1-20(8-10-5-11(16)3-4-13(10)22-2)15(21)9-6-12(17)14(18)19-7-9/h3-7H,8H2,1-2H3. The van der Waals surface area contributed by atoms with Gasteiger partial charge in [-0.3, -0.25) is 4.79 Å². The summed E-state index contributed by atoms with van der Waals surface area (Å²) in [4.78, 5) is 17.8. The molecule has 0 spiro atoms. The Bertz CT molecular complexity index is 707. The third-order valence-electron chi connectivity index (χ3n) is 3.04. The van der Waals surface area contributed by atoms with Crippen LogP contribution in [0.2, 0.25) is 15.2 Å². The maximum absolute atomic E-state index is 12.4. The molecule has 0 saturated carbocycles. The summed E-state index contributed by atoms with van der Waals surface area (Å²) in [6.45, 7) is 0.336. The molecule has 0 fully saturated rings. The number of carbonyl (C=O) groups is 1. The smallest absolute Gasteiger partial charge is 0.255 e. The number of hydrogen-bond acceptors (Lipinski definition) is 3. The molecule has 0 aliphatic rings. The largest absolute Gasteiger partial charge is 0.496 e. The predicted molar refractivity (Wildman–Crippen MR) is 88.1 cm³/mol. The summed E-state index contributed by atoms with van der Waals surface area (Å²) in [6, 6.07) is 6.74. The van der Waals surface area contributed by atoms with Crippen molar-refractivity contribution in [1.82, 2.24) is 9.88 Å². The Morgan fingerprint density at radius 2 is 2.00 bits per heavy atom. The van der Waals surface area contributed by atoms with Crippen molar-refractivity contribution < 1.29 is 9.53 Å². The van der Waals surface area contributed by atoms with Crippen molar-refractivity contribution in [3.63, 3.8) is 0 Å². The normalized spacial score (nSPS) is 10.4. The van der Waals surface area contributed by atoms with E-state index in [1.807, 2.05) is 0 Å². The summed E-state index contributed by atoms with van der Waals surface area (Å²) in [6.07, 6.45) is 1.39. The molecule has 0 aliphatic carbocycles. The molecule has 0 atom stereocenters. The maximum Gasteiger partial charge on any atom is 0.255 e. The fraction of sp³-hybridized carbons (Fsp3) is 0.200. The van der Waals surface area contributed by atoms with Crippen molar-refractivity contribution in [3.05, 3.63) is 56.8 Å². The first-order valence-electron chi connectivity index (χ1n) is 6.31. The van der Waals surface area contributed by atoms with Crippen LogP contribution in [0.5, 0.6) is 5.75 Å². The highest BCUT2D eigenvalue weighted by Crippen LogP contribution is 2.25. The van der Waals surface area contributed by atoms with Crippen molar-refractivity contribution >= 4 is 40.7 Å². The monoisotopic (exact) mass is 358 g/mol. The lowest BCUT2D eigenvalue weighted by molar-refractivity contribution is 0.0784. The molecule has 1 aromatic heterocycles. The van der Waals surface area contributed by atoms with Gasteiger partial charge in [0.2, 0.25) is 0 Å². The molecule has 2 rings (SSSR count). The molecule has 0 bridgehead atoms. The van der Waals surface area contributed by atoms with Gasteiger partial charge in [0, 0.05) is 30.4 Å². The van der Waals surface area contributed by atoms with Crippen LogP contribution in [-0.4, -0.2) is 29.9 Å². The third kappa shape index (κ3) is 3.83. The van der Waals surface area contributed by atoms with Crippen LogP contribution < -0.4 is 4.74 Å². The highest BCUT2D eigenvalue weighted by Gasteiger charge is 2.16. The van der Waals surface area contributed by atoms with Gasteiger partial charge in [0.1, 0.15) is 10.9 Å². The van der Waals surface area contributed by atoms with Gasteiger partial charge in [0.15, 0.2) is 0 Å². The first-order valence-corrected chi connectivity index (χ1v) is 7.44. The summed E-state index contributed by atoms with van der Waals surface area (Å²) in [5, 5.41) is 0.978. The molecule has 2 aromatic rings. The van der Waals surface area contributed by atoms with Crippen LogP contribution in [-0.2, 0) is 6.54 Å². The van der Waals surface area contributed by atoms with Gasteiger partial charge in [-0.05, 0) is 24.3 Å². The summed E-state index contributed by atoms with van der Waals surface area (Å²) < 4.78 is 5.27. The molecule has 1 aromatic carbocycles. The molecule has 4 nitrogen and oxygen atoms in total. The molecular formula is C15H13Cl3N2O2. The van der Waals surface area contributed by atoms with Crippen molar-refractivity contribution in [3.8, 4) is 5.75 Å². The second-order valence-corrected chi connectivity index (χ2v) is 5.82. The Hall–Kier alpha value is -1.49. The van der Waals surface area contributed by atoms with E-state index in [1.54, 1.807) is 32.4 Å². The van der Waals surface area contributed by atoms with Crippen molar-refractivity contribution in [1.29, 1.82) is 0 Å². The first kappa shape index (κ1) is 16.9. The molecule has 0 unspecified atom stereocenters. The summed E-state index contributed by atoms with van der Waals surface area (Å²) in [7, 11) is 3.24. The molecule has 0 N–H and O–H groups in total. The SMILES string of the molecule is COc1ccc(Cl)cc1CN(C)C(=O)c1cnc(Cl)c(Cl)c1. The van der Waals surface area contributed by atoms with Crippen LogP contribution in [0.3, 0.4) is 0 Å². The number of amides is 1. The number of halogens is 3. The van der Waals surface area contributed by atoms with Crippen molar-refractivity contribution in [2.75, 3.05) is 14.2 Å². The lowest BCUT2D eigenvalue weighted by Crippen LogP contribution is -2.26. The quantitative estimate of drug-likeness (QED) is 0.763. The van der Waals surface area contributed by atoms with Crippen molar-refractivity contribution in [2.24, 2.45) is 0 Å². The van der Waals surface area contributed by atoms with Gasteiger partial charge >= 0.3 is 0 Å². The number of carbonyl (C=O) groups excluding carboxylic acids is 1. The van der Waals surface area contributed by atoms with E-state index in [9.17, 15) is 4.79 Å². The third-order valence-corrected chi connectivity index (χ3v) is 3.96. The zero-order valence-corrected chi connectivity index (χ0v) is 14.2. The van der Waals surface area contributed by atoms with Crippen LogP contribution in [0.1, 0.15) is 15.9 Å². The van der Waals surface area contributed by atoms with Crippen LogP contribution in [0.25, 0.3) is 0 Å². The van der Waals surface area contributed by atoms with E-state index in [-0.39, 0.29) is 16.1 Å². The Balaban J connectivity index is 2.21.